The van der Waals surface area contributed by atoms with Crippen molar-refractivity contribution in [2.24, 2.45) is 0 Å². The fourth-order valence-electron chi connectivity index (χ4n) is 3.68. The van der Waals surface area contributed by atoms with Gasteiger partial charge in [0.15, 0.2) is 0 Å². The molecule has 26 heavy (non-hydrogen) atoms. The highest BCUT2D eigenvalue weighted by molar-refractivity contribution is 7.96. The quantitative estimate of drug-likeness (QED) is 0.449. The van der Waals surface area contributed by atoms with E-state index in [0.29, 0.717) is 21.8 Å². The summed E-state index contributed by atoms with van der Waals surface area (Å²) in [7, 11) is 2.93. The van der Waals surface area contributed by atoms with E-state index in [4.69, 9.17) is 9.47 Å². The first-order valence-electron chi connectivity index (χ1n) is 9.91. The molecule has 5 heteroatoms. The van der Waals surface area contributed by atoms with Crippen molar-refractivity contribution >= 4 is 21.8 Å². The van der Waals surface area contributed by atoms with Crippen LogP contribution in [0.25, 0.3) is 0 Å². The van der Waals surface area contributed by atoms with Crippen molar-refractivity contribution in [3.05, 3.63) is 23.3 Å². The fourth-order valence-corrected chi connectivity index (χ4v) is 8.44. The Kier molecular flexibility index (Phi) is 9.87. The lowest BCUT2D eigenvalue weighted by molar-refractivity contribution is -0.00000602. The Balaban J connectivity index is 0.00000243. The lowest BCUT2D eigenvalue weighted by Crippen LogP contribution is -3.00. The van der Waals surface area contributed by atoms with Crippen LogP contribution in [0.2, 0.25) is 0 Å². The van der Waals surface area contributed by atoms with E-state index in [1.165, 1.54) is 77.7 Å². The number of methoxy groups -OCH3 is 1. The van der Waals surface area contributed by atoms with E-state index in [9.17, 15) is 0 Å². The van der Waals surface area contributed by atoms with Gasteiger partial charge in [0.05, 0.1) is 13.7 Å². The highest BCUT2D eigenvalue weighted by atomic mass is 35.5. The highest BCUT2D eigenvalue weighted by Gasteiger charge is 2.29. The zero-order valence-electron chi connectivity index (χ0n) is 16.4. The summed E-state index contributed by atoms with van der Waals surface area (Å²) in [4.78, 5) is 0. The minimum absolute atomic E-state index is 0. The molecule has 0 saturated carbocycles. The third-order valence-corrected chi connectivity index (χ3v) is 10.1. The standard InChI is InChI=1S/C21H34O2S2.ClH/c1-3-4-9-23-21-15-18(16-24-10-5-6-11-24)20(22-2)14-19(21)17-25-12-7-8-13-25;/h14-15H,3-13,16-17H2,1-2H3;1H/q+2;/p-1. The van der Waals surface area contributed by atoms with Crippen LogP contribution >= 0.6 is 0 Å². The van der Waals surface area contributed by atoms with Crippen molar-refractivity contribution in [1.82, 2.24) is 0 Å². The molecule has 2 fully saturated rings. The molecule has 0 aliphatic carbocycles. The Labute approximate surface area is 171 Å². The molecular formula is C21H34ClO2S2+. The molecule has 2 aliphatic rings. The average Bonchev–Trinajstić information content (AvgIpc) is 3.31. The maximum atomic E-state index is 6.24. The summed E-state index contributed by atoms with van der Waals surface area (Å²) in [6.45, 7) is 3.07. The second-order valence-corrected chi connectivity index (χ2v) is 11.9. The van der Waals surface area contributed by atoms with Gasteiger partial charge in [0.25, 0.3) is 0 Å². The minimum atomic E-state index is 0. The molecule has 0 unspecified atom stereocenters. The van der Waals surface area contributed by atoms with Crippen LogP contribution in [-0.4, -0.2) is 36.7 Å². The molecule has 2 nitrogen and oxygen atoms in total. The summed E-state index contributed by atoms with van der Waals surface area (Å²) in [6, 6.07) is 4.63. The number of halogens is 1. The van der Waals surface area contributed by atoms with E-state index in [2.05, 4.69) is 19.1 Å². The van der Waals surface area contributed by atoms with Crippen molar-refractivity contribution in [1.29, 1.82) is 0 Å². The molecule has 2 aliphatic heterocycles. The van der Waals surface area contributed by atoms with Gasteiger partial charge in [0.1, 0.15) is 46.0 Å². The number of ether oxygens (including phenoxy) is 2. The van der Waals surface area contributed by atoms with Gasteiger partial charge in [-0.2, -0.15) is 0 Å². The van der Waals surface area contributed by atoms with Crippen LogP contribution in [0.4, 0.5) is 0 Å². The zero-order valence-corrected chi connectivity index (χ0v) is 18.7. The van der Waals surface area contributed by atoms with Gasteiger partial charge < -0.3 is 21.9 Å². The third-order valence-electron chi connectivity index (χ3n) is 5.17. The highest BCUT2D eigenvalue weighted by Crippen LogP contribution is 2.34. The molecule has 0 bridgehead atoms. The summed E-state index contributed by atoms with van der Waals surface area (Å²) < 4.78 is 12.0. The predicted octanol–water partition coefficient (Wildman–Crippen LogP) is 1.70. The zero-order chi connectivity index (χ0) is 17.5. The first-order chi connectivity index (χ1) is 12.3. The van der Waals surface area contributed by atoms with Gasteiger partial charge in [-0.05, 0) is 66.0 Å². The summed E-state index contributed by atoms with van der Waals surface area (Å²) in [5.41, 5.74) is 2.76. The van der Waals surface area contributed by atoms with Crippen molar-refractivity contribution < 1.29 is 21.9 Å². The predicted molar refractivity (Wildman–Crippen MR) is 113 cm³/mol. The molecule has 0 amide bonds. The summed E-state index contributed by atoms with van der Waals surface area (Å²) in [5.74, 6) is 10.2. The lowest BCUT2D eigenvalue weighted by atomic mass is 10.1. The maximum Gasteiger partial charge on any atom is 0.136 e. The first-order valence-corrected chi connectivity index (χ1v) is 13.4. The molecule has 148 valence electrons. The van der Waals surface area contributed by atoms with Gasteiger partial charge in [-0.3, -0.25) is 0 Å². The first kappa shape index (κ1) is 22.1. The Morgan fingerprint density at radius 3 is 1.85 bits per heavy atom. The molecule has 0 spiro atoms. The fraction of sp³-hybridized carbons (Fsp3) is 0.714. The van der Waals surface area contributed by atoms with Gasteiger partial charge in [0.2, 0.25) is 0 Å². The van der Waals surface area contributed by atoms with Crippen molar-refractivity contribution in [2.45, 2.75) is 57.0 Å². The van der Waals surface area contributed by atoms with E-state index < -0.39 is 0 Å². The minimum Gasteiger partial charge on any atom is -1.00 e. The van der Waals surface area contributed by atoms with E-state index in [1.54, 1.807) is 0 Å². The monoisotopic (exact) mass is 417 g/mol. The number of hydrogen-bond donors (Lipinski definition) is 0. The number of rotatable bonds is 9. The molecular weight excluding hydrogens is 384 g/mol. The van der Waals surface area contributed by atoms with Crippen LogP contribution in [0, 0.1) is 0 Å². The Morgan fingerprint density at radius 2 is 1.35 bits per heavy atom. The maximum absolute atomic E-state index is 6.24. The molecule has 1 aromatic carbocycles. The van der Waals surface area contributed by atoms with E-state index in [1.807, 2.05) is 7.11 Å². The number of benzene rings is 1. The summed E-state index contributed by atoms with van der Waals surface area (Å²) >= 11 is 0. The summed E-state index contributed by atoms with van der Waals surface area (Å²) in [6.07, 6.45) is 7.96. The second-order valence-electron chi connectivity index (χ2n) is 7.22. The van der Waals surface area contributed by atoms with Gasteiger partial charge in [0, 0.05) is 11.1 Å². The molecule has 0 N–H and O–H groups in total. The second kappa shape index (κ2) is 11.6. The van der Waals surface area contributed by atoms with Crippen LogP contribution in [0.15, 0.2) is 12.1 Å². The third kappa shape index (κ3) is 6.17. The van der Waals surface area contributed by atoms with E-state index in [-0.39, 0.29) is 12.4 Å². The normalized spacial score (nSPS) is 18.1. The van der Waals surface area contributed by atoms with Crippen LogP contribution in [0.1, 0.15) is 56.6 Å². The van der Waals surface area contributed by atoms with Crippen LogP contribution in [-0.2, 0) is 33.3 Å². The van der Waals surface area contributed by atoms with Gasteiger partial charge in [-0.15, -0.1) is 0 Å². The SMILES string of the molecule is CCCCOc1cc(C[S+]2CCCC2)c(OC)cc1C[S+]1CCCC1.[Cl-]. The summed E-state index contributed by atoms with van der Waals surface area (Å²) in [5, 5.41) is 0. The molecule has 2 saturated heterocycles. The molecule has 3 rings (SSSR count). The molecule has 1 aromatic rings. The Hall–Kier alpha value is -0.190. The van der Waals surface area contributed by atoms with Crippen molar-refractivity contribution in [3.8, 4) is 11.5 Å². The lowest BCUT2D eigenvalue weighted by Gasteiger charge is -2.16. The van der Waals surface area contributed by atoms with Gasteiger partial charge >= 0.3 is 0 Å². The molecule has 2 heterocycles. The van der Waals surface area contributed by atoms with Crippen LogP contribution in [0.5, 0.6) is 11.5 Å². The molecule has 0 aromatic heterocycles. The molecule has 0 atom stereocenters. The largest absolute Gasteiger partial charge is 1.00 e. The Bertz CT molecular complexity index is 541. The van der Waals surface area contributed by atoms with Crippen LogP contribution < -0.4 is 21.9 Å². The van der Waals surface area contributed by atoms with Crippen LogP contribution in [0.3, 0.4) is 0 Å². The van der Waals surface area contributed by atoms with E-state index >= 15 is 0 Å². The average molecular weight is 418 g/mol. The van der Waals surface area contributed by atoms with E-state index in [0.717, 1.165) is 24.5 Å². The number of unbranched alkanes of at least 4 members (excludes halogenated alkanes) is 1. The molecule has 0 radical (unpaired) electrons. The van der Waals surface area contributed by atoms with Crippen molar-refractivity contribution in [3.63, 3.8) is 0 Å². The van der Waals surface area contributed by atoms with Gasteiger partial charge in [-0.25, -0.2) is 0 Å². The number of hydrogen-bond acceptors (Lipinski definition) is 2. The van der Waals surface area contributed by atoms with Crippen molar-refractivity contribution in [2.75, 3.05) is 36.7 Å². The smallest absolute Gasteiger partial charge is 0.136 e. The Morgan fingerprint density at radius 1 is 0.846 bits per heavy atom. The topological polar surface area (TPSA) is 18.5 Å². The van der Waals surface area contributed by atoms with Gasteiger partial charge in [-0.1, -0.05) is 13.3 Å².